The third-order valence-electron chi connectivity index (χ3n) is 2.84. The summed E-state index contributed by atoms with van der Waals surface area (Å²) in [5.74, 6) is -0.749. The van der Waals surface area contributed by atoms with Gasteiger partial charge in [0.05, 0.1) is 11.3 Å². The second-order valence-corrected chi connectivity index (χ2v) is 4.26. The van der Waals surface area contributed by atoms with Gasteiger partial charge < -0.3 is 10.6 Å². The van der Waals surface area contributed by atoms with Crippen molar-refractivity contribution in [2.24, 2.45) is 5.73 Å². The molecule has 0 fully saturated rings. The van der Waals surface area contributed by atoms with Crippen LogP contribution in [0.5, 0.6) is 0 Å². The molecule has 0 unspecified atom stereocenters. The number of nitrogens with zero attached hydrogens (tertiary/aromatic N) is 2. The number of halogens is 1. The monoisotopic (exact) mass is 258 g/mol. The van der Waals surface area contributed by atoms with Crippen LogP contribution in [-0.4, -0.2) is 17.9 Å². The number of nitrogen functional groups attached to an aromatic ring is 1. The quantitative estimate of drug-likeness (QED) is 0.652. The van der Waals surface area contributed by atoms with E-state index in [9.17, 15) is 4.39 Å². The van der Waals surface area contributed by atoms with Crippen LogP contribution in [0.2, 0.25) is 0 Å². The Bertz CT molecular complexity index is 583. The molecule has 98 valence electrons. The van der Waals surface area contributed by atoms with E-state index in [0.717, 1.165) is 5.56 Å². The van der Waals surface area contributed by atoms with Crippen LogP contribution >= 0.6 is 0 Å². The van der Waals surface area contributed by atoms with Gasteiger partial charge in [0.1, 0.15) is 11.7 Å². The van der Waals surface area contributed by atoms with Crippen LogP contribution in [0, 0.1) is 11.2 Å². The van der Waals surface area contributed by atoms with E-state index in [1.54, 1.807) is 24.5 Å². The minimum Gasteiger partial charge on any atom is -0.384 e. The smallest absolute Gasteiger partial charge is 0.136 e. The van der Waals surface area contributed by atoms with Crippen LogP contribution in [0.3, 0.4) is 0 Å². The summed E-state index contributed by atoms with van der Waals surface area (Å²) in [5.41, 5.74) is 7.24. The molecular formula is C14H15FN4. The number of nitrogens with one attached hydrogen (secondary N) is 1. The molecule has 1 aromatic heterocycles. The molecule has 4 nitrogen and oxygen atoms in total. The largest absolute Gasteiger partial charge is 0.384 e. The van der Waals surface area contributed by atoms with E-state index in [-0.39, 0.29) is 11.4 Å². The first kappa shape index (κ1) is 13.0. The zero-order chi connectivity index (χ0) is 13.8. The number of pyridine rings is 1. The fourth-order valence-corrected chi connectivity index (χ4v) is 1.94. The van der Waals surface area contributed by atoms with Gasteiger partial charge in [-0.15, -0.1) is 0 Å². The summed E-state index contributed by atoms with van der Waals surface area (Å²) in [6.07, 6.45) is 3.42. The van der Waals surface area contributed by atoms with Crippen LogP contribution in [0.4, 0.5) is 10.1 Å². The van der Waals surface area contributed by atoms with Gasteiger partial charge in [-0.3, -0.25) is 10.4 Å². The standard InChI is InChI=1S/C14H15FN4/c1-19(9-10-5-7-18-8-6-10)12-4-2-3-11(15)13(12)14(16)17/h2-8H,9H2,1H3,(H3,16,17). The average molecular weight is 258 g/mol. The van der Waals surface area contributed by atoms with Gasteiger partial charge in [-0.1, -0.05) is 6.07 Å². The number of rotatable bonds is 4. The molecule has 1 heterocycles. The summed E-state index contributed by atoms with van der Waals surface area (Å²) in [6, 6.07) is 8.45. The highest BCUT2D eigenvalue weighted by atomic mass is 19.1. The molecule has 0 saturated heterocycles. The summed E-state index contributed by atoms with van der Waals surface area (Å²) in [5, 5.41) is 7.49. The maximum Gasteiger partial charge on any atom is 0.136 e. The second kappa shape index (κ2) is 5.48. The predicted molar refractivity (Wildman–Crippen MR) is 73.8 cm³/mol. The number of anilines is 1. The van der Waals surface area contributed by atoms with Gasteiger partial charge in [0, 0.05) is 26.0 Å². The van der Waals surface area contributed by atoms with E-state index >= 15 is 0 Å². The van der Waals surface area contributed by atoms with Crippen molar-refractivity contribution in [1.29, 1.82) is 5.41 Å². The third kappa shape index (κ3) is 2.88. The summed E-state index contributed by atoms with van der Waals surface area (Å²) in [4.78, 5) is 5.81. The van der Waals surface area contributed by atoms with E-state index < -0.39 is 5.82 Å². The molecule has 0 atom stereocenters. The van der Waals surface area contributed by atoms with Gasteiger partial charge in [0.15, 0.2) is 0 Å². The first-order chi connectivity index (χ1) is 9.09. The Morgan fingerprint density at radius 1 is 1.32 bits per heavy atom. The molecular weight excluding hydrogens is 243 g/mol. The molecule has 0 aliphatic carbocycles. The number of hydrogen-bond acceptors (Lipinski definition) is 3. The Morgan fingerprint density at radius 2 is 2.00 bits per heavy atom. The van der Waals surface area contributed by atoms with Gasteiger partial charge >= 0.3 is 0 Å². The molecule has 0 aliphatic rings. The zero-order valence-electron chi connectivity index (χ0n) is 10.6. The van der Waals surface area contributed by atoms with Gasteiger partial charge in [0.25, 0.3) is 0 Å². The normalized spacial score (nSPS) is 10.2. The minimum absolute atomic E-state index is 0.138. The lowest BCUT2D eigenvalue weighted by molar-refractivity contribution is 0.624. The van der Waals surface area contributed by atoms with E-state index in [1.807, 2.05) is 24.1 Å². The summed E-state index contributed by atoms with van der Waals surface area (Å²) < 4.78 is 13.7. The van der Waals surface area contributed by atoms with E-state index in [2.05, 4.69) is 4.98 Å². The minimum atomic E-state index is -0.480. The van der Waals surface area contributed by atoms with Crippen LogP contribution in [0.25, 0.3) is 0 Å². The molecule has 2 rings (SSSR count). The Kier molecular flexibility index (Phi) is 3.75. The van der Waals surface area contributed by atoms with Crippen molar-refractivity contribution in [3.05, 3.63) is 59.7 Å². The molecule has 0 radical (unpaired) electrons. The van der Waals surface area contributed by atoms with Crippen molar-refractivity contribution >= 4 is 11.5 Å². The fourth-order valence-electron chi connectivity index (χ4n) is 1.94. The molecule has 0 amide bonds. The number of aromatic nitrogens is 1. The van der Waals surface area contributed by atoms with Gasteiger partial charge in [0.2, 0.25) is 0 Å². The summed E-state index contributed by atoms with van der Waals surface area (Å²) >= 11 is 0. The first-order valence-corrected chi connectivity index (χ1v) is 5.82. The van der Waals surface area contributed by atoms with Gasteiger partial charge in [-0.05, 0) is 29.8 Å². The van der Waals surface area contributed by atoms with Crippen molar-refractivity contribution in [3.8, 4) is 0 Å². The lowest BCUT2D eigenvalue weighted by atomic mass is 10.1. The second-order valence-electron chi connectivity index (χ2n) is 4.26. The number of benzene rings is 1. The Labute approximate surface area is 111 Å². The number of amidine groups is 1. The molecule has 5 heteroatoms. The van der Waals surface area contributed by atoms with Crippen molar-refractivity contribution < 1.29 is 4.39 Å². The van der Waals surface area contributed by atoms with Crippen molar-refractivity contribution in [2.45, 2.75) is 6.54 Å². The molecule has 0 saturated carbocycles. The third-order valence-corrected chi connectivity index (χ3v) is 2.84. The van der Waals surface area contributed by atoms with Crippen molar-refractivity contribution in [3.63, 3.8) is 0 Å². The predicted octanol–water partition coefficient (Wildman–Crippen LogP) is 2.14. The van der Waals surface area contributed by atoms with Crippen molar-refractivity contribution in [2.75, 3.05) is 11.9 Å². The van der Waals surface area contributed by atoms with Crippen LogP contribution in [0.1, 0.15) is 11.1 Å². The van der Waals surface area contributed by atoms with Crippen LogP contribution in [0.15, 0.2) is 42.7 Å². The van der Waals surface area contributed by atoms with E-state index in [4.69, 9.17) is 11.1 Å². The highest BCUT2D eigenvalue weighted by molar-refractivity contribution is 6.00. The Hall–Kier alpha value is -2.43. The number of nitrogens with two attached hydrogens (primary N) is 1. The highest BCUT2D eigenvalue weighted by Crippen LogP contribution is 2.23. The maximum absolute atomic E-state index is 13.7. The van der Waals surface area contributed by atoms with Crippen LogP contribution in [-0.2, 0) is 6.54 Å². The number of hydrogen-bond donors (Lipinski definition) is 2. The topological polar surface area (TPSA) is 66.0 Å². The lowest BCUT2D eigenvalue weighted by Gasteiger charge is -2.22. The molecule has 0 bridgehead atoms. The first-order valence-electron chi connectivity index (χ1n) is 5.82. The Balaban J connectivity index is 2.31. The van der Waals surface area contributed by atoms with Gasteiger partial charge in [-0.2, -0.15) is 0 Å². The molecule has 19 heavy (non-hydrogen) atoms. The SMILES string of the molecule is CN(Cc1ccncc1)c1cccc(F)c1C(=N)N. The molecule has 3 N–H and O–H groups in total. The van der Waals surface area contributed by atoms with E-state index in [0.29, 0.717) is 12.2 Å². The van der Waals surface area contributed by atoms with Crippen molar-refractivity contribution in [1.82, 2.24) is 4.98 Å². The molecule has 0 spiro atoms. The summed E-state index contributed by atoms with van der Waals surface area (Å²) in [7, 11) is 1.83. The zero-order valence-corrected chi connectivity index (χ0v) is 10.6. The van der Waals surface area contributed by atoms with E-state index in [1.165, 1.54) is 6.07 Å². The maximum atomic E-state index is 13.7. The molecule has 2 aromatic rings. The highest BCUT2D eigenvalue weighted by Gasteiger charge is 2.14. The lowest BCUT2D eigenvalue weighted by Crippen LogP contribution is -2.23. The average Bonchev–Trinajstić information content (AvgIpc) is 2.39. The van der Waals surface area contributed by atoms with Gasteiger partial charge in [-0.25, -0.2) is 4.39 Å². The molecule has 0 aliphatic heterocycles. The van der Waals surface area contributed by atoms with Crippen LogP contribution < -0.4 is 10.6 Å². The summed E-state index contributed by atoms with van der Waals surface area (Å²) in [6.45, 7) is 0.590. The molecule has 1 aromatic carbocycles. The fraction of sp³-hybridized carbons (Fsp3) is 0.143. The Morgan fingerprint density at radius 3 is 2.63 bits per heavy atom.